The normalized spacial score (nSPS) is 11.4. The van der Waals surface area contributed by atoms with E-state index >= 15 is 0 Å². The molecule has 0 unspecified atom stereocenters. The molecule has 0 bridgehead atoms. The van der Waals surface area contributed by atoms with Crippen LogP contribution in [-0.4, -0.2) is 24.7 Å². The monoisotopic (exact) mass is 417 g/mol. The summed E-state index contributed by atoms with van der Waals surface area (Å²) in [4.78, 5) is 21.8. The quantitative estimate of drug-likeness (QED) is 0.500. The average Bonchev–Trinajstić information content (AvgIpc) is 3.14. The van der Waals surface area contributed by atoms with Crippen molar-refractivity contribution in [3.63, 3.8) is 0 Å². The molecular formula is C18H16ClN5OS2. The number of thiophene rings is 1. The molecule has 0 amide bonds. The lowest BCUT2D eigenvalue weighted by atomic mass is 10.2. The number of fused-ring (bicyclic) bond motifs is 1. The number of nitrogens with zero attached hydrogens (tertiary/aromatic N) is 4. The number of halogens is 1. The molecule has 1 N–H and O–H groups in total. The molecule has 6 nitrogen and oxygen atoms in total. The minimum absolute atomic E-state index is 0.0859. The first kappa shape index (κ1) is 18.2. The van der Waals surface area contributed by atoms with Gasteiger partial charge in [-0.2, -0.15) is 0 Å². The van der Waals surface area contributed by atoms with Gasteiger partial charge in [-0.1, -0.05) is 23.4 Å². The van der Waals surface area contributed by atoms with Gasteiger partial charge in [-0.3, -0.25) is 4.79 Å². The molecule has 1 aromatic carbocycles. The van der Waals surface area contributed by atoms with E-state index in [0.29, 0.717) is 22.0 Å². The maximum Gasteiger partial charge on any atom is 0.259 e. The number of hydrogen-bond acceptors (Lipinski definition) is 6. The van der Waals surface area contributed by atoms with Crippen LogP contribution in [0.2, 0.25) is 5.02 Å². The van der Waals surface area contributed by atoms with Gasteiger partial charge in [0.2, 0.25) is 0 Å². The summed E-state index contributed by atoms with van der Waals surface area (Å²) in [5.74, 6) is 1.90. The van der Waals surface area contributed by atoms with E-state index in [9.17, 15) is 4.79 Å². The van der Waals surface area contributed by atoms with Crippen molar-refractivity contribution in [2.24, 2.45) is 7.05 Å². The topological polar surface area (TPSA) is 76.5 Å². The Kier molecular flexibility index (Phi) is 4.79. The summed E-state index contributed by atoms with van der Waals surface area (Å²) in [5.41, 5.74) is 1.86. The van der Waals surface area contributed by atoms with Crippen LogP contribution >= 0.6 is 34.7 Å². The molecule has 0 saturated carbocycles. The van der Waals surface area contributed by atoms with E-state index in [2.05, 4.69) is 20.2 Å². The number of thioether (sulfide) groups is 1. The maximum absolute atomic E-state index is 12.4. The highest BCUT2D eigenvalue weighted by Gasteiger charge is 2.14. The lowest BCUT2D eigenvalue weighted by Gasteiger charge is -2.04. The minimum Gasteiger partial charge on any atom is -0.309 e. The molecule has 0 aliphatic heterocycles. The van der Waals surface area contributed by atoms with Crippen molar-refractivity contribution >= 4 is 44.9 Å². The van der Waals surface area contributed by atoms with Gasteiger partial charge >= 0.3 is 0 Å². The molecule has 0 radical (unpaired) electrons. The van der Waals surface area contributed by atoms with Crippen molar-refractivity contribution in [2.45, 2.75) is 24.8 Å². The fraction of sp³-hybridized carbons (Fsp3) is 0.222. The Balaban J connectivity index is 1.58. The second-order valence-corrected chi connectivity index (χ2v) is 8.72. The van der Waals surface area contributed by atoms with Gasteiger partial charge in [0.25, 0.3) is 5.56 Å². The molecule has 0 atom stereocenters. The summed E-state index contributed by atoms with van der Waals surface area (Å²) in [6, 6.07) is 7.48. The van der Waals surface area contributed by atoms with E-state index in [0.717, 1.165) is 31.8 Å². The summed E-state index contributed by atoms with van der Waals surface area (Å²) in [5, 5.41) is 10.6. The largest absolute Gasteiger partial charge is 0.309 e. The van der Waals surface area contributed by atoms with E-state index in [-0.39, 0.29) is 5.56 Å². The van der Waals surface area contributed by atoms with Gasteiger partial charge in [0.1, 0.15) is 10.7 Å². The lowest BCUT2D eigenvalue weighted by Crippen LogP contribution is -2.11. The Morgan fingerprint density at radius 3 is 2.70 bits per heavy atom. The molecule has 138 valence electrons. The first-order valence-electron chi connectivity index (χ1n) is 8.21. The van der Waals surface area contributed by atoms with E-state index in [1.165, 1.54) is 11.8 Å². The summed E-state index contributed by atoms with van der Waals surface area (Å²) in [6.45, 7) is 3.96. The van der Waals surface area contributed by atoms with Crippen LogP contribution in [0.4, 0.5) is 0 Å². The molecular weight excluding hydrogens is 402 g/mol. The van der Waals surface area contributed by atoms with Crippen molar-refractivity contribution < 1.29 is 0 Å². The van der Waals surface area contributed by atoms with Crippen LogP contribution in [0.3, 0.4) is 0 Å². The highest BCUT2D eigenvalue weighted by Crippen LogP contribution is 2.28. The third kappa shape index (κ3) is 3.40. The molecule has 0 aliphatic carbocycles. The molecule has 0 saturated heterocycles. The zero-order valence-corrected chi connectivity index (χ0v) is 17.3. The number of nitrogens with one attached hydrogen (secondary N) is 1. The standard InChI is InChI=1S/C18H16ClN5OS2/c1-9-10(2)27-17-14(9)16(25)20-13(21-17)8-26-18-23-22-15(24(18)3)11-4-6-12(19)7-5-11/h4-7H,8H2,1-3H3,(H,20,21,25). The molecule has 27 heavy (non-hydrogen) atoms. The number of hydrogen-bond donors (Lipinski definition) is 1. The first-order valence-corrected chi connectivity index (χ1v) is 10.4. The smallest absolute Gasteiger partial charge is 0.259 e. The molecule has 3 aromatic heterocycles. The van der Waals surface area contributed by atoms with Crippen LogP contribution in [-0.2, 0) is 12.8 Å². The Hall–Kier alpha value is -2.16. The number of aryl methyl sites for hydroxylation is 2. The fourth-order valence-electron chi connectivity index (χ4n) is 2.79. The van der Waals surface area contributed by atoms with Crippen LogP contribution in [0.5, 0.6) is 0 Å². The van der Waals surface area contributed by atoms with E-state index in [4.69, 9.17) is 11.6 Å². The van der Waals surface area contributed by atoms with Crippen molar-refractivity contribution in [3.05, 3.63) is 55.9 Å². The number of aromatic nitrogens is 5. The Labute approximate surface area is 168 Å². The third-order valence-corrected chi connectivity index (χ3v) is 6.75. The summed E-state index contributed by atoms with van der Waals surface area (Å²) >= 11 is 8.98. The Morgan fingerprint density at radius 2 is 1.96 bits per heavy atom. The van der Waals surface area contributed by atoms with E-state index in [1.807, 2.05) is 49.7 Å². The van der Waals surface area contributed by atoms with Crippen LogP contribution < -0.4 is 5.56 Å². The zero-order chi connectivity index (χ0) is 19.1. The highest BCUT2D eigenvalue weighted by atomic mass is 35.5. The molecule has 4 rings (SSSR count). The number of H-pyrrole nitrogens is 1. The highest BCUT2D eigenvalue weighted by molar-refractivity contribution is 7.98. The average molecular weight is 418 g/mol. The van der Waals surface area contributed by atoms with Gasteiger partial charge in [0, 0.05) is 22.5 Å². The summed E-state index contributed by atoms with van der Waals surface area (Å²) < 4.78 is 1.92. The van der Waals surface area contributed by atoms with Gasteiger partial charge in [0.05, 0.1) is 11.1 Å². The predicted octanol–water partition coefficient (Wildman–Crippen LogP) is 4.34. The lowest BCUT2D eigenvalue weighted by molar-refractivity contribution is 0.793. The van der Waals surface area contributed by atoms with Crippen LogP contribution in [0, 0.1) is 13.8 Å². The van der Waals surface area contributed by atoms with E-state index in [1.54, 1.807) is 11.3 Å². The van der Waals surface area contributed by atoms with Gasteiger partial charge in [-0.05, 0) is 43.7 Å². The predicted molar refractivity (Wildman–Crippen MR) is 111 cm³/mol. The summed E-state index contributed by atoms with van der Waals surface area (Å²) in [7, 11) is 1.91. The van der Waals surface area contributed by atoms with Crippen molar-refractivity contribution in [1.29, 1.82) is 0 Å². The van der Waals surface area contributed by atoms with E-state index < -0.39 is 0 Å². The second kappa shape index (κ2) is 7.10. The number of benzene rings is 1. The van der Waals surface area contributed by atoms with Crippen molar-refractivity contribution in [2.75, 3.05) is 0 Å². The van der Waals surface area contributed by atoms with Gasteiger partial charge in [-0.15, -0.1) is 21.5 Å². The van der Waals surface area contributed by atoms with Crippen molar-refractivity contribution in [3.8, 4) is 11.4 Å². The van der Waals surface area contributed by atoms with Crippen LogP contribution in [0.25, 0.3) is 21.6 Å². The van der Waals surface area contributed by atoms with Gasteiger partial charge in [-0.25, -0.2) is 4.98 Å². The number of aromatic amines is 1. The van der Waals surface area contributed by atoms with Gasteiger partial charge < -0.3 is 9.55 Å². The summed E-state index contributed by atoms with van der Waals surface area (Å²) in [6.07, 6.45) is 0. The maximum atomic E-state index is 12.4. The third-order valence-electron chi connectivity index (χ3n) is 4.36. The Morgan fingerprint density at radius 1 is 1.22 bits per heavy atom. The van der Waals surface area contributed by atoms with Crippen LogP contribution in [0.15, 0.2) is 34.2 Å². The van der Waals surface area contributed by atoms with Crippen LogP contribution in [0.1, 0.15) is 16.3 Å². The zero-order valence-electron chi connectivity index (χ0n) is 14.9. The SMILES string of the molecule is Cc1sc2nc(CSc3nnc(-c4ccc(Cl)cc4)n3C)[nH]c(=O)c2c1C. The fourth-order valence-corrected chi connectivity index (χ4v) is 4.75. The van der Waals surface area contributed by atoms with Gasteiger partial charge in [0.15, 0.2) is 11.0 Å². The Bertz CT molecular complexity index is 1190. The van der Waals surface area contributed by atoms with Crippen molar-refractivity contribution in [1.82, 2.24) is 24.7 Å². The molecule has 9 heteroatoms. The molecule has 4 aromatic rings. The molecule has 0 aliphatic rings. The second-order valence-electron chi connectivity index (χ2n) is 6.14. The molecule has 0 fully saturated rings. The first-order chi connectivity index (χ1) is 12.9. The molecule has 3 heterocycles. The minimum atomic E-state index is -0.0859. The molecule has 0 spiro atoms. The number of rotatable bonds is 4.